The summed E-state index contributed by atoms with van der Waals surface area (Å²) in [7, 11) is 5.12. The van der Waals surface area contributed by atoms with Gasteiger partial charge in [-0.2, -0.15) is 0 Å². The van der Waals surface area contributed by atoms with Gasteiger partial charge in [-0.3, -0.25) is 0 Å². The molecule has 0 saturated carbocycles. The van der Waals surface area contributed by atoms with Crippen LogP contribution in [0.2, 0.25) is 6.04 Å². The van der Waals surface area contributed by atoms with Gasteiger partial charge in [0, 0.05) is 14.2 Å². The molecule has 0 heterocycles. The number of hydrogen-bond acceptors (Lipinski definition) is 2. The van der Waals surface area contributed by atoms with Crippen LogP contribution < -0.4 is 12.4 Å². The molecule has 0 aliphatic heterocycles. The van der Waals surface area contributed by atoms with E-state index in [1.54, 1.807) is 0 Å². The highest BCUT2D eigenvalue weighted by Crippen LogP contribution is 2.18. The summed E-state index contributed by atoms with van der Waals surface area (Å²) in [4.78, 5) is 0. The van der Waals surface area contributed by atoms with Crippen LogP contribution in [0.5, 0.6) is 0 Å². The molecule has 5 heteroatoms. The standard InChI is InChI=1S/C42H89NO2Si.ClH/c1-6-8-10-12-14-16-18-20-22-24-26-28-30-32-34-36-39-43(3,41-38-42-46(44-4)45-5)40-37-35-33-31-29-27-25-23-21-19-17-15-13-11-9-7-2;/h6-42H2,1-5H3;1H/q+1;/p-1. The Labute approximate surface area is 306 Å². The summed E-state index contributed by atoms with van der Waals surface area (Å²) in [5.41, 5.74) is 0. The van der Waals surface area contributed by atoms with Gasteiger partial charge in [0.25, 0.3) is 0 Å². The summed E-state index contributed by atoms with van der Waals surface area (Å²) in [5, 5.41) is 0. The third-order valence-corrected chi connectivity index (χ3v) is 12.3. The van der Waals surface area contributed by atoms with Gasteiger partial charge in [0.15, 0.2) is 0 Å². The van der Waals surface area contributed by atoms with E-state index in [0.717, 1.165) is 6.04 Å². The first-order chi connectivity index (χ1) is 22.6. The minimum atomic E-state index is -1.06. The van der Waals surface area contributed by atoms with Crippen molar-refractivity contribution in [3.63, 3.8) is 0 Å². The van der Waals surface area contributed by atoms with Crippen LogP contribution in [0, 0.1) is 0 Å². The first-order valence-corrected chi connectivity index (χ1v) is 22.9. The summed E-state index contributed by atoms with van der Waals surface area (Å²) >= 11 is 0. The molecule has 0 unspecified atom stereocenters. The molecule has 0 aliphatic rings. The molecule has 0 rings (SSSR count). The van der Waals surface area contributed by atoms with Crippen LogP contribution in [-0.2, 0) is 8.85 Å². The van der Waals surface area contributed by atoms with E-state index in [4.69, 9.17) is 8.85 Å². The van der Waals surface area contributed by atoms with Gasteiger partial charge < -0.3 is 25.7 Å². The van der Waals surface area contributed by atoms with Gasteiger partial charge in [0.05, 0.1) is 26.7 Å². The van der Waals surface area contributed by atoms with E-state index in [1.165, 1.54) is 236 Å². The fourth-order valence-electron chi connectivity index (χ4n) is 7.31. The summed E-state index contributed by atoms with van der Waals surface area (Å²) < 4.78 is 12.4. The Kier molecular flexibility index (Phi) is 43.0. The topological polar surface area (TPSA) is 18.5 Å². The zero-order chi connectivity index (χ0) is 33.7. The molecule has 0 fully saturated rings. The van der Waals surface area contributed by atoms with Crippen LogP contribution >= 0.6 is 0 Å². The monoisotopic (exact) mass is 703 g/mol. The molecule has 0 spiro atoms. The Hall–Kier alpha value is 0.387. The molecule has 0 aromatic heterocycles. The minimum absolute atomic E-state index is 0. The van der Waals surface area contributed by atoms with Crippen molar-refractivity contribution < 1.29 is 25.7 Å². The van der Waals surface area contributed by atoms with Crippen molar-refractivity contribution in [1.29, 1.82) is 0 Å². The molecular formula is C42H89ClNO2Si. The third kappa shape index (κ3) is 37.5. The maximum atomic E-state index is 5.57. The predicted molar refractivity (Wildman–Crippen MR) is 209 cm³/mol. The zero-order valence-electron chi connectivity index (χ0n) is 33.3. The maximum Gasteiger partial charge on any atom is 0.384 e. The smallest absolute Gasteiger partial charge is 0.384 e. The van der Waals surface area contributed by atoms with E-state index in [0.29, 0.717) is 0 Å². The van der Waals surface area contributed by atoms with Crippen molar-refractivity contribution in [2.75, 3.05) is 40.9 Å². The Morgan fingerprint density at radius 2 is 0.553 bits per heavy atom. The SMILES string of the molecule is CCCCCCCCCCCCCCCCCC[N+](C)(CCCCCCCCCCCCCCCCCC)CCC[Si](OC)OC.[Cl-]. The van der Waals surface area contributed by atoms with Gasteiger partial charge in [0.1, 0.15) is 0 Å². The summed E-state index contributed by atoms with van der Waals surface area (Å²) in [6.45, 7) is 8.63. The van der Waals surface area contributed by atoms with Gasteiger partial charge in [-0.25, -0.2) is 0 Å². The van der Waals surface area contributed by atoms with Crippen LogP contribution in [-0.4, -0.2) is 54.7 Å². The number of unbranched alkanes of at least 4 members (excludes halogenated alkanes) is 30. The predicted octanol–water partition coefficient (Wildman–Crippen LogP) is 11.1. The molecule has 0 aliphatic carbocycles. The fourth-order valence-corrected chi connectivity index (χ4v) is 8.33. The normalized spacial score (nSPS) is 11.9. The maximum absolute atomic E-state index is 5.57. The summed E-state index contributed by atoms with van der Waals surface area (Å²) in [6, 6.07) is 1.11. The highest BCUT2D eigenvalue weighted by Gasteiger charge is 2.22. The van der Waals surface area contributed by atoms with Gasteiger partial charge >= 0.3 is 9.28 Å². The average molecular weight is 704 g/mol. The van der Waals surface area contributed by atoms with Crippen LogP contribution in [0.25, 0.3) is 0 Å². The van der Waals surface area contributed by atoms with Crippen molar-refractivity contribution in [2.45, 2.75) is 232 Å². The minimum Gasteiger partial charge on any atom is -1.00 e. The van der Waals surface area contributed by atoms with Gasteiger partial charge in [0.2, 0.25) is 0 Å². The van der Waals surface area contributed by atoms with Crippen molar-refractivity contribution in [3.8, 4) is 0 Å². The molecule has 0 amide bonds. The Morgan fingerprint density at radius 3 is 0.787 bits per heavy atom. The van der Waals surface area contributed by atoms with E-state index in [2.05, 4.69) is 20.9 Å². The van der Waals surface area contributed by atoms with E-state index in [1.807, 2.05) is 14.2 Å². The Balaban J connectivity index is 0. The van der Waals surface area contributed by atoms with Gasteiger partial charge in [-0.15, -0.1) is 0 Å². The number of quaternary nitrogens is 1. The van der Waals surface area contributed by atoms with E-state index in [9.17, 15) is 0 Å². The van der Waals surface area contributed by atoms with E-state index < -0.39 is 9.28 Å². The molecule has 0 saturated heterocycles. The fraction of sp³-hybridized carbons (Fsp3) is 1.00. The number of halogens is 1. The molecule has 3 nitrogen and oxygen atoms in total. The molecule has 1 radical (unpaired) electrons. The van der Waals surface area contributed by atoms with Crippen molar-refractivity contribution in [1.82, 2.24) is 0 Å². The lowest BCUT2D eigenvalue weighted by Crippen LogP contribution is -3.00. The van der Waals surface area contributed by atoms with Gasteiger partial charge in [-0.05, 0) is 38.1 Å². The number of rotatable bonds is 40. The van der Waals surface area contributed by atoms with Gasteiger partial charge in [-0.1, -0.05) is 194 Å². The Morgan fingerprint density at radius 1 is 0.340 bits per heavy atom. The van der Waals surface area contributed by atoms with Crippen LogP contribution in [0.3, 0.4) is 0 Å². The molecular weight excluding hydrogens is 614 g/mol. The lowest BCUT2D eigenvalue weighted by molar-refractivity contribution is -0.910. The first-order valence-electron chi connectivity index (χ1n) is 21.4. The molecule has 0 aromatic rings. The van der Waals surface area contributed by atoms with Crippen LogP contribution in [0.1, 0.15) is 226 Å². The highest BCUT2D eigenvalue weighted by atomic mass is 35.5. The summed E-state index contributed by atoms with van der Waals surface area (Å²) in [5.74, 6) is 0. The van der Waals surface area contributed by atoms with Crippen LogP contribution in [0.4, 0.5) is 0 Å². The second kappa shape index (κ2) is 40.8. The second-order valence-corrected chi connectivity index (χ2v) is 17.3. The quantitative estimate of drug-likeness (QED) is 0.0359. The van der Waals surface area contributed by atoms with E-state index >= 15 is 0 Å². The second-order valence-electron chi connectivity index (χ2n) is 15.3. The first kappa shape index (κ1) is 49.5. The Bertz CT molecular complexity index is 527. The molecule has 285 valence electrons. The summed E-state index contributed by atoms with van der Waals surface area (Å²) in [6.07, 6.45) is 47.6. The average Bonchev–Trinajstić information content (AvgIpc) is 3.06. The number of hydrogen-bond donors (Lipinski definition) is 0. The largest absolute Gasteiger partial charge is 1.00 e. The highest BCUT2D eigenvalue weighted by molar-refractivity contribution is 6.44. The molecule has 0 atom stereocenters. The zero-order valence-corrected chi connectivity index (χ0v) is 35.1. The van der Waals surface area contributed by atoms with Crippen molar-refractivity contribution >= 4 is 9.28 Å². The molecule has 47 heavy (non-hydrogen) atoms. The molecule has 0 aromatic carbocycles. The lowest BCUT2D eigenvalue weighted by Gasteiger charge is -2.35. The van der Waals surface area contributed by atoms with Crippen LogP contribution in [0.15, 0.2) is 0 Å². The van der Waals surface area contributed by atoms with Crippen molar-refractivity contribution in [3.05, 3.63) is 0 Å². The number of nitrogens with zero attached hydrogens (tertiary/aromatic N) is 1. The van der Waals surface area contributed by atoms with Crippen molar-refractivity contribution in [2.24, 2.45) is 0 Å². The molecule has 0 N–H and O–H groups in total. The molecule has 0 bridgehead atoms. The third-order valence-electron chi connectivity index (χ3n) is 10.6. The van der Waals surface area contributed by atoms with E-state index in [-0.39, 0.29) is 12.4 Å². The lowest BCUT2D eigenvalue weighted by atomic mass is 10.0.